The molecule has 0 amide bonds. The van der Waals surface area contributed by atoms with E-state index in [4.69, 9.17) is 0 Å². The summed E-state index contributed by atoms with van der Waals surface area (Å²) in [6, 6.07) is 35.5. The van der Waals surface area contributed by atoms with Gasteiger partial charge in [0.05, 0.1) is 61.2 Å². The van der Waals surface area contributed by atoms with Gasteiger partial charge in [-0.1, -0.05) is 228 Å². The van der Waals surface area contributed by atoms with Gasteiger partial charge >= 0.3 is 55.6 Å². The van der Waals surface area contributed by atoms with Gasteiger partial charge in [-0.25, -0.2) is 43.9 Å². The first-order valence-corrected chi connectivity index (χ1v) is 44.4. The Morgan fingerprint density at radius 3 is 0.644 bits per heavy atom. The average Bonchev–Trinajstić information content (AvgIpc) is 0.771. The van der Waals surface area contributed by atoms with Crippen molar-refractivity contribution in [2.75, 3.05) is 0 Å². The minimum atomic E-state index is -4.85. The van der Waals surface area contributed by atoms with Crippen LogP contribution in [0.25, 0.3) is 55.6 Å². The van der Waals surface area contributed by atoms with Crippen molar-refractivity contribution in [1.29, 1.82) is 0 Å². The lowest BCUT2D eigenvalue weighted by atomic mass is 9.90. The van der Waals surface area contributed by atoms with Gasteiger partial charge in [-0.2, -0.15) is 119 Å². The predicted octanol–water partition coefficient (Wildman–Crippen LogP) is 40.7. The molecular formula is C109H99F37. The number of hydrogen-bond acceptors (Lipinski definition) is 0. The van der Waals surface area contributed by atoms with Crippen LogP contribution < -0.4 is 0 Å². The summed E-state index contributed by atoms with van der Waals surface area (Å²) in [5, 5.41) is 0. The fourth-order valence-electron chi connectivity index (χ4n) is 15.1. The highest BCUT2D eigenvalue weighted by atomic mass is 19.4. The SMILES string of the molecule is CC(C)c1ccc(C(F)(F)F)cc1C(F)(F)F.Cc1cc(-c2c(F)c(F)c(F)c(F)c2F)cc(C(C)C)c1.Cc1cc(-c2c(F)c(F)c(F)c(F)c2F)cc(C(C)C)c1.Cc1cc(-c2cc(C(F)(F)F)cc(C(F)(F)F)c2)cc(C(C)C)c1.Cc1cc(-c2cc(C(F)(F)F)cc(C(F)(F)F)c2)cc(C(C)C)c1.Cc1cc(-c2ccc(C(F)(F)F)cc2C)cc(C(C)C)c1.Cc1cc(C(F)(F)F)cc(C(F)(F)F)c1C(C)C. The third-order valence-corrected chi connectivity index (χ3v) is 22.4. The van der Waals surface area contributed by atoms with Crippen LogP contribution in [0.3, 0.4) is 0 Å². The molecule has 0 bridgehead atoms. The van der Waals surface area contributed by atoms with Crippen molar-refractivity contribution >= 4 is 0 Å². The van der Waals surface area contributed by atoms with Crippen molar-refractivity contribution in [3.8, 4) is 55.6 Å². The molecule has 794 valence electrons. The molecule has 0 atom stereocenters. The first kappa shape index (κ1) is 123. The second-order valence-corrected chi connectivity index (χ2v) is 36.8. The van der Waals surface area contributed by atoms with Crippen LogP contribution in [0, 0.1) is 107 Å². The molecule has 0 saturated carbocycles. The van der Waals surface area contributed by atoms with E-state index < -0.39 is 187 Å². The Labute approximate surface area is 819 Å². The summed E-state index contributed by atoms with van der Waals surface area (Å²) in [5.74, 6) is -19.5. The van der Waals surface area contributed by atoms with Gasteiger partial charge in [-0.3, -0.25) is 0 Å². The third kappa shape index (κ3) is 32.5. The molecule has 0 nitrogen and oxygen atoms in total. The molecule has 0 saturated heterocycles. The van der Waals surface area contributed by atoms with Gasteiger partial charge in [0.15, 0.2) is 46.5 Å². The molecule has 0 heterocycles. The zero-order valence-corrected chi connectivity index (χ0v) is 81.8. The Hall–Kier alpha value is -12.0. The van der Waals surface area contributed by atoms with E-state index in [1.165, 1.54) is 70.5 Å². The molecule has 0 aliphatic carbocycles. The Morgan fingerprint density at radius 1 is 0.171 bits per heavy atom. The van der Waals surface area contributed by atoms with Crippen molar-refractivity contribution in [2.24, 2.45) is 0 Å². The lowest BCUT2D eigenvalue weighted by Gasteiger charge is -2.20. The van der Waals surface area contributed by atoms with Gasteiger partial charge in [0.1, 0.15) is 0 Å². The van der Waals surface area contributed by atoms with E-state index >= 15 is 0 Å². The minimum absolute atomic E-state index is 0.00662. The lowest BCUT2D eigenvalue weighted by Crippen LogP contribution is -2.15. The topological polar surface area (TPSA) is 0 Å². The standard InChI is InChI=1S/2C18H16F6.C18H19F3.2C16H13F5.C12H12F6.C11H10F6/c2*1-10(2)12-4-11(3)5-13(6-12)14-7-15(17(19,20)21)9-16(8-14)18(22,23)24;1-11(2)14-7-12(3)8-15(10-14)17-6-5-16(9-13(17)4)18(19,20)21;2*1-7(2)9-4-8(3)5-10(6-9)11-12(17)14(19)16(21)15(20)13(11)18;1-6(2)10-7(3)4-8(11(13,14)15)5-9(10)12(16,17)18;1-6(2)8-4-3-7(10(12,13)14)5-9(8)11(15,16)17/h2*4-10H,1-3H3;5-11H,1-4H3;2*4-7H,1-3H3;4-6H,1-3H3;3-6H,1-2H3. The molecule has 0 spiro atoms. The maximum absolute atomic E-state index is 13.8. The highest BCUT2D eigenvalue weighted by molar-refractivity contribution is 5.73. The molecule has 37 heteroatoms. The van der Waals surface area contributed by atoms with Crippen molar-refractivity contribution in [3.05, 3.63) is 362 Å². The highest BCUT2D eigenvalue weighted by Gasteiger charge is 2.44. The Balaban J connectivity index is 0.000000261. The second-order valence-electron chi connectivity index (χ2n) is 36.8. The van der Waals surface area contributed by atoms with Gasteiger partial charge < -0.3 is 0 Å². The molecular weight excluding hydrogens is 2010 g/mol. The quantitative estimate of drug-likeness (QED) is 0.0650. The summed E-state index contributed by atoms with van der Waals surface area (Å²) < 4.78 is 479. The van der Waals surface area contributed by atoms with Gasteiger partial charge in [0, 0.05) is 0 Å². The van der Waals surface area contributed by atoms with Crippen LogP contribution >= 0.6 is 0 Å². The van der Waals surface area contributed by atoms with Crippen molar-refractivity contribution in [1.82, 2.24) is 0 Å². The number of alkyl halides is 27. The van der Waals surface area contributed by atoms with E-state index in [1.807, 2.05) is 80.5 Å². The molecule has 12 aromatic rings. The number of hydrogen-bond donors (Lipinski definition) is 0. The summed E-state index contributed by atoms with van der Waals surface area (Å²) in [6.07, 6.45) is -42.8. The van der Waals surface area contributed by atoms with E-state index in [1.54, 1.807) is 77.1 Å². The lowest BCUT2D eigenvalue weighted by molar-refractivity contribution is -0.145. The summed E-state index contributed by atoms with van der Waals surface area (Å²) >= 11 is 0. The molecule has 146 heavy (non-hydrogen) atoms. The molecule has 0 aliphatic rings. The molecule has 0 N–H and O–H groups in total. The fourth-order valence-corrected chi connectivity index (χ4v) is 15.1. The summed E-state index contributed by atoms with van der Waals surface area (Å²) in [7, 11) is 0. The highest BCUT2D eigenvalue weighted by Crippen LogP contribution is 2.48. The molecule has 0 fully saturated rings. The van der Waals surface area contributed by atoms with Crippen molar-refractivity contribution in [2.45, 2.75) is 242 Å². The largest absolute Gasteiger partial charge is 0.416 e. The summed E-state index contributed by atoms with van der Waals surface area (Å²) in [4.78, 5) is 0. The van der Waals surface area contributed by atoms with E-state index in [9.17, 15) is 162 Å². The molecule has 0 radical (unpaired) electrons. The van der Waals surface area contributed by atoms with Crippen LogP contribution in [0.2, 0.25) is 0 Å². The van der Waals surface area contributed by atoms with Gasteiger partial charge in [-0.05, 0) is 257 Å². The first-order valence-electron chi connectivity index (χ1n) is 44.4. The van der Waals surface area contributed by atoms with Crippen LogP contribution in [0.15, 0.2) is 176 Å². The summed E-state index contributed by atoms with van der Waals surface area (Å²) in [5.41, 5.74) is -1.39. The van der Waals surface area contributed by atoms with Gasteiger partial charge in [-0.15, -0.1) is 0 Å². The monoisotopic (exact) mass is 2110 g/mol. The fraction of sp³-hybridized carbons (Fsp3) is 0.339. The van der Waals surface area contributed by atoms with E-state index in [2.05, 4.69) is 26.0 Å². The zero-order chi connectivity index (χ0) is 112. The average molecular weight is 2110 g/mol. The van der Waals surface area contributed by atoms with E-state index in [-0.39, 0.29) is 86.9 Å². The van der Waals surface area contributed by atoms with Crippen LogP contribution in [0.4, 0.5) is 162 Å². The maximum atomic E-state index is 13.8. The van der Waals surface area contributed by atoms with Crippen LogP contribution in [0.1, 0.15) is 266 Å². The Bertz CT molecular complexity index is 6190. The van der Waals surface area contributed by atoms with Crippen LogP contribution in [-0.4, -0.2) is 0 Å². The number of aryl methyl sites for hydroxylation is 7. The van der Waals surface area contributed by atoms with Gasteiger partial charge in [0.2, 0.25) is 11.6 Å². The summed E-state index contributed by atoms with van der Waals surface area (Å²) in [6.45, 7) is 37.3. The van der Waals surface area contributed by atoms with E-state index in [0.717, 1.165) is 92.5 Å². The third-order valence-electron chi connectivity index (χ3n) is 22.4. The maximum Gasteiger partial charge on any atom is 0.416 e. The van der Waals surface area contributed by atoms with Crippen LogP contribution in [0.5, 0.6) is 0 Å². The normalized spacial score (nSPS) is 12.3. The first-order chi connectivity index (χ1) is 66.4. The number of benzene rings is 12. The molecule has 0 unspecified atom stereocenters. The Kier molecular flexibility index (Phi) is 39.9. The molecule has 0 aromatic heterocycles. The minimum Gasteiger partial charge on any atom is -0.203 e. The van der Waals surface area contributed by atoms with Crippen molar-refractivity contribution < 1.29 is 162 Å². The zero-order valence-electron chi connectivity index (χ0n) is 81.8. The molecule has 0 aliphatic heterocycles. The Morgan fingerprint density at radius 2 is 0.390 bits per heavy atom. The number of halogens is 37. The smallest absolute Gasteiger partial charge is 0.203 e. The molecule has 12 aromatic carbocycles. The van der Waals surface area contributed by atoms with E-state index in [0.29, 0.717) is 39.8 Å². The second kappa shape index (κ2) is 47.5. The van der Waals surface area contributed by atoms with Crippen molar-refractivity contribution in [3.63, 3.8) is 0 Å². The van der Waals surface area contributed by atoms with Gasteiger partial charge in [0.25, 0.3) is 0 Å². The molecule has 12 rings (SSSR count). The number of rotatable bonds is 12. The predicted molar refractivity (Wildman–Crippen MR) is 489 cm³/mol. The van der Waals surface area contributed by atoms with Crippen LogP contribution in [-0.2, 0) is 55.6 Å².